The number of halogens is 2. The molecule has 1 aliphatic heterocycles. The number of unbranched alkanes of at least 4 members (excludes halogenated alkanes) is 1. The van der Waals surface area contributed by atoms with Crippen LogP contribution in [0.25, 0.3) is 0 Å². The molecule has 2 aromatic rings. The van der Waals surface area contributed by atoms with Crippen molar-refractivity contribution in [3.05, 3.63) is 50.1 Å². The first-order valence-electron chi connectivity index (χ1n) is 9.30. The van der Waals surface area contributed by atoms with E-state index in [0.717, 1.165) is 45.6 Å². The van der Waals surface area contributed by atoms with Crippen molar-refractivity contribution in [2.24, 2.45) is 0 Å². The Morgan fingerprint density at radius 3 is 2.59 bits per heavy atom. The van der Waals surface area contributed by atoms with Gasteiger partial charge in [-0.3, -0.25) is 9.69 Å². The zero-order chi connectivity index (χ0) is 19.2. The van der Waals surface area contributed by atoms with Crippen molar-refractivity contribution >= 4 is 46.1 Å². The van der Waals surface area contributed by atoms with Gasteiger partial charge in [-0.05, 0) is 50.1 Å². The van der Waals surface area contributed by atoms with E-state index in [9.17, 15) is 4.79 Å². The van der Waals surface area contributed by atoms with E-state index in [2.05, 4.69) is 46.3 Å². The highest BCUT2D eigenvalue weighted by molar-refractivity contribution is 7.20. The number of hydrogen-bond acceptors (Lipinski definition) is 4. The number of piperazine rings is 1. The van der Waals surface area contributed by atoms with Gasteiger partial charge in [0.15, 0.2) is 0 Å². The Balaban J connectivity index is 1.31. The molecule has 3 rings (SSSR count). The third-order valence-corrected chi connectivity index (χ3v) is 6.31. The zero-order valence-corrected chi connectivity index (χ0v) is 17.8. The minimum absolute atomic E-state index is 0.144. The third kappa shape index (κ3) is 5.85. The highest BCUT2D eigenvalue weighted by Gasteiger charge is 2.17. The number of carbonyl (C=O) groups excluding carboxylic acids is 1. The largest absolute Gasteiger partial charge is 0.369 e. The van der Waals surface area contributed by atoms with Gasteiger partial charge in [0.05, 0.1) is 9.90 Å². The second-order valence-electron chi connectivity index (χ2n) is 6.87. The van der Waals surface area contributed by atoms with Crippen LogP contribution in [0.2, 0.25) is 8.67 Å². The number of hydrogen-bond donors (Lipinski definition) is 1. The lowest BCUT2D eigenvalue weighted by atomic mass is 10.2. The number of rotatable bonds is 7. The summed E-state index contributed by atoms with van der Waals surface area (Å²) in [5, 5.41) is 2.92. The molecule has 1 saturated heterocycles. The molecule has 0 aliphatic carbocycles. The van der Waals surface area contributed by atoms with Crippen LogP contribution >= 0.6 is 34.5 Å². The molecule has 1 aliphatic rings. The maximum absolute atomic E-state index is 12.1. The average Bonchev–Trinajstić information content (AvgIpc) is 3.00. The molecule has 146 valence electrons. The Morgan fingerprint density at radius 2 is 1.93 bits per heavy atom. The number of nitrogens with one attached hydrogen (secondary N) is 1. The van der Waals surface area contributed by atoms with Crippen LogP contribution in [-0.2, 0) is 0 Å². The highest BCUT2D eigenvalue weighted by atomic mass is 35.5. The fraction of sp³-hybridized carbons (Fsp3) is 0.450. The monoisotopic (exact) mass is 425 g/mol. The first kappa shape index (κ1) is 20.5. The summed E-state index contributed by atoms with van der Waals surface area (Å²) in [5.74, 6) is -0.144. The number of benzene rings is 1. The molecule has 7 heteroatoms. The summed E-state index contributed by atoms with van der Waals surface area (Å²) < 4.78 is 0.985. The van der Waals surface area contributed by atoms with Gasteiger partial charge in [0.25, 0.3) is 5.91 Å². The van der Waals surface area contributed by atoms with E-state index < -0.39 is 0 Å². The van der Waals surface area contributed by atoms with Crippen molar-refractivity contribution in [1.29, 1.82) is 0 Å². The first-order chi connectivity index (χ1) is 13.0. The van der Waals surface area contributed by atoms with Gasteiger partial charge in [0.1, 0.15) is 4.34 Å². The van der Waals surface area contributed by atoms with Crippen LogP contribution in [0.3, 0.4) is 0 Å². The van der Waals surface area contributed by atoms with Crippen LogP contribution in [0.4, 0.5) is 5.69 Å². The van der Waals surface area contributed by atoms with Crippen LogP contribution in [0.15, 0.2) is 30.3 Å². The summed E-state index contributed by atoms with van der Waals surface area (Å²) in [5.41, 5.74) is 3.10. The van der Waals surface area contributed by atoms with Gasteiger partial charge in [-0.25, -0.2) is 0 Å². The van der Waals surface area contributed by atoms with Crippen molar-refractivity contribution in [3.8, 4) is 0 Å². The minimum Gasteiger partial charge on any atom is -0.369 e. The number of carbonyl (C=O) groups is 1. The topological polar surface area (TPSA) is 35.6 Å². The number of aryl methyl sites for hydroxylation is 1. The van der Waals surface area contributed by atoms with Gasteiger partial charge in [-0.15, -0.1) is 11.3 Å². The zero-order valence-electron chi connectivity index (χ0n) is 15.5. The number of nitrogens with zero attached hydrogens (tertiary/aromatic N) is 2. The molecule has 1 amide bonds. The van der Waals surface area contributed by atoms with Gasteiger partial charge >= 0.3 is 0 Å². The van der Waals surface area contributed by atoms with Crippen LogP contribution < -0.4 is 10.2 Å². The fourth-order valence-electron chi connectivity index (χ4n) is 3.31. The molecule has 0 atom stereocenters. The van der Waals surface area contributed by atoms with E-state index >= 15 is 0 Å². The van der Waals surface area contributed by atoms with E-state index in [1.807, 2.05) is 0 Å². The molecule has 27 heavy (non-hydrogen) atoms. The van der Waals surface area contributed by atoms with Gasteiger partial charge < -0.3 is 10.2 Å². The van der Waals surface area contributed by atoms with Gasteiger partial charge in [-0.1, -0.05) is 35.3 Å². The lowest BCUT2D eigenvalue weighted by Crippen LogP contribution is -2.46. The standard InChI is InChI=1S/C20H25Cl2N3OS/c1-15-5-4-6-16(13-15)25-11-9-24(10-12-25)8-3-2-7-23-20(26)17-14-18(21)27-19(17)22/h4-6,13-14H,2-3,7-12H2,1H3,(H,23,26). The first-order valence-corrected chi connectivity index (χ1v) is 10.9. The fourth-order valence-corrected chi connectivity index (χ4v) is 4.77. The van der Waals surface area contributed by atoms with Crippen LogP contribution in [-0.4, -0.2) is 50.1 Å². The smallest absolute Gasteiger partial charge is 0.253 e. The normalized spacial score (nSPS) is 15.1. The second kappa shape index (κ2) is 9.78. The quantitative estimate of drug-likeness (QED) is 0.653. The van der Waals surface area contributed by atoms with Crippen molar-refractivity contribution in [3.63, 3.8) is 0 Å². The van der Waals surface area contributed by atoms with Crippen molar-refractivity contribution < 1.29 is 4.79 Å². The second-order valence-corrected chi connectivity index (χ2v) is 9.15. The van der Waals surface area contributed by atoms with E-state index in [4.69, 9.17) is 23.2 Å². The minimum atomic E-state index is -0.144. The van der Waals surface area contributed by atoms with Crippen LogP contribution in [0.5, 0.6) is 0 Å². The molecule has 4 nitrogen and oxygen atoms in total. The molecule has 0 bridgehead atoms. The Hall–Kier alpha value is -1.27. The Kier molecular flexibility index (Phi) is 7.41. The van der Waals surface area contributed by atoms with Gasteiger partial charge in [0.2, 0.25) is 0 Å². The molecule has 0 unspecified atom stereocenters. The van der Waals surface area contributed by atoms with Gasteiger partial charge in [0, 0.05) is 38.4 Å². The average molecular weight is 426 g/mol. The van der Waals surface area contributed by atoms with E-state index in [1.54, 1.807) is 6.07 Å². The van der Waals surface area contributed by atoms with Gasteiger partial charge in [-0.2, -0.15) is 0 Å². The summed E-state index contributed by atoms with van der Waals surface area (Å²) in [6.07, 6.45) is 2.03. The lowest BCUT2D eigenvalue weighted by Gasteiger charge is -2.36. The Labute approximate surface area is 175 Å². The number of amides is 1. The molecule has 1 N–H and O–H groups in total. The maximum Gasteiger partial charge on any atom is 0.253 e. The number of anilines is 1. The van der Waals surface area contributed by atoms with Crippen molar-refractivity contribution in [2.45, 2.75) is 19.8 Å². The summed E-state index contributed by atoms with van der Waals surface area (Å²) in [6, 6.07) is 10.3. The molecular weight excluding hydrogens is 401 g/mol. The maximum atomic E-state index is 12.1. The molecule has 0 spiro atoms. The Bertz CT molecular complexity index is 772. The summed E-state index contributed by atoms with van der Waals surface area (Å²) in [4.78, 5) is 17.0. The molecule has 1 aromatic carbocycles. The molecule has 1 aromatic heterocycles. The predicted molar refractivity (Wildman–Crippen MR) is 116 cm³/mol. The summed E-state index contributed by atoms with van der Waals surface area (Å²) in [6.45, 7) is 8.18. The predicted octanol–water partition coefficient (Wildman–Crippen LogP) is 4.70. The molecule has 1 fully saturated rings. The van der Waals surface area contributed by atoms with Crippen LogP contribution in [0, 0.1) is 6.92 Å². The molecule has 2 heterocycles. The SMILES string of the molecule is Cc1cccc(N2CCN(CCCCNC(=O)c3cc(Cl)sc3Cl)CC2)c1. The summed E-state index contributed by atoms with van der Waals surface area (Å²) in [7, 11) is 0. The van der Waals surface area contributed by atoms with Crippen molar-refractivity contribution in [2.75, 3.05) is 44.2 Å². The number of thiophene rings is 1. The third-order valence-electron chi connectivity index (χ3n) is 4.83. The van der Waals surface area contributed by atoms with Crippen LogP contribution in [0.1, 0.15) is 28.8 Å². The summed E-state index contributed by atoms with van der Waals surface area (Å²) >= 11 is 13.1. The Morgan fingerprint density at radius 1 is 1.15 bits per heavy atom. The molecule has 0 saturated carbocycles. The lowest BCUT2D eigenvalue weighted by molar-refractivity contribution is 0.0953. The molecule has 0 radical (unpaired) electrons. The highest BCUT2D eigenvalue weighted by Crippen LogP contribution is 2.30. The van der Waals surface area contributed by atoms with E-state index in [0.29, 0.717) is 20.8 Å². The van der Waals surface area contributed by atoms with E-state index in [-0.39, 0.29) is 5.91 Å². The van der Waals surface area contributed by atoms with Crippen molar-refractivity contribution in [1.82, 2.24) is 10.2 Å². The van der Waals surface area contributed by atoms with E-state index in [1.165, 1.54) is 22.6 Å². The molecular formula is C20H25Cl2N3OS.